The van der Waals surface area contributed by atoms with Gasteiger partial charge in [-0.05, 0) is 26.0 Å². The van der Waals surface area contributed by atoms with Gasteiger partial charge >= 0.3 is 6.09 Å². The minimum atomic E-state index is -0.447. The molecule has 0 aliphatic carbocycles. The van der Waals surface area contributed by atoms with Gasteiger partial charge in [-0.3, -0.25) is 10.3 Å². The smallest absolute Gasteiger partial charge is 0.411 e. The van der Waals surface area contributed by atoms with Gasteiger partial charge in [0.1, 0.15) is 6.17 Å². The number of carbonyl (C=O) groups excluding carboxylic acids is 1. The highest BCUT2D eigenvalue weighted by atomic mass is 32.2. The molecule has 2 rings (SSSR count). The molecule has 0 bridgehead atoms. The molecule has 1 aromatic carbocycles. The van der Waals surface area contributed by atoms with E-state index in [1.165, 1.54) is 0 Å². The number of thioether (sulfide) groups is 1. The summed E-state index contributed by atoms with van der Waals surface area (Å²) in [5.41, 5.74) is 7.43. The predicted octanol–water partition coefficient (Wildman–Crippen LogP) is 2.42. The molecule has 5 nitrogen and oxygen atoms in total. The van der Waals surface area contributed by atoms with Crippen molar-refractivity contribution in [2.24, 2.45) is 10.7 Å². The lowest BCUT2D eigenvalue weighted by Crippen LogP contribution is -2.17. The summed E-state index contributed by atoms with van der Waals surface area (Å²) in [6.45, 7) is 3.61. The number of carbonyl (C=O) groups is 1. The molecule has 6 heteroatoms. The van der Waals surface area contributed by atoms with Crippen LogP contribution in [0.4, 0.5) is 10.5 Å². The molecule has 0 saturated heterocycles. The van der Waals surface area contributed by atoms with Crippen molar-refractivity contribution < 1.29 is 9.53 Å². The van der Waals surface area contributed by atoms with Crippen molar-refractivity contribution in [2.75, 3.05) is 11.1 Å². The van der Waals surface area contributed by atoms with Gasteiger partial charge in [0.05, 0.1) is 11.1 Å². The maximum atomic E-state index is 11.4. The zero-order chi connectivity index (χ0) is 13.8. The molecule has 0 aromatic heterocycles. The third-order valence-electron chi connectivity index (χ3n) is 2.39. The molecule has 1 aliphatic rings. The van der Waals surface area contributed by atoms with E-state index in [2.05, 4.69) is 10.3 Å². The van der Waals surface area contributed by atoms with E-state index in [0.29, 0.717) is 5.69 Å². The quantitative estimate of drug-likeness (QED) is 0.891. The number of nitrogens with zero attached hydrogens (tertiary/aromatic N) is 1. The van der Waals surface area contributed by atoms with E-state index < -0.39 is 6.09 Å². The molecule has 102 valence electrons. The van der Waals surface area contributed by atoms with Gasteiger partial charge in [-0.2, -0.15) is 0 Å². The van der Waals surface area contributed by atoms with Crippen LogP contribution in [0.1, 0.15) is 19.4 Å². The van der Waals surface area contributed by atoms with Crippen LogP contribution in [0.15, 0.2) is 29.3 Å². The molecule has 3 N–H and O–H groups in total. The van der Waals surface area contributed by atoms with Gasteiger partial charge in [0.25, 0.3) is 0 Å². The predicted molar refractivity (Wildman–Crippen MR) is 78.7 cm³/mol. The zero-order valence-corrected chi connectivity index (χ0v) is 11.7. The van der Waals surface area contributed by atoms with Crippen molar-refractivity contribution >= 4 is 28.6 Å². The molecule has 1 heterocycles. The normalized spacial score (nSPS) is 18.3. The van der Waals surface area contributed by atoms with Crippen molar-refractivity contribution in [1.29, 1.82) is 0 Å². The van der Waals surface area contributed by atoms with Crippen molar-refractivity contribution in [3.63, 3.8) is 0 Å². The number of amides is 1. The first kappa shape index (κ1) is 13.9. The summed E-state index contributed by atoms with van der Waals surface area (Å²) in [6.07, 6.45) is -0.693. The minimum Gasteiger partial charge on any atom is -0.447 e. The lowest BCUT2D eigenvalue weighted by molar-refractivity contribution is 0.130. The summed E-state index contributed by atoms with van der Waals surface area (Å²) in [5.74, 6) is 0.816. The van der Waals surface area contributed by atoms with Crippen LogP contribution in [0.2, 0.25) is 0 Å². The third kappa shape index (κ3) is 3.97. The average molecular weight is 279 g/mol. The molecule has 0 fully saturated rings. The van der Waals surface area contributed by atoms with Crippen LogP contribution in [0.25, 0.3) is 0 Å². The number of aliphatic imine (C=N–C) groups is 1. The highest BCUT2D eigenvalue weighted by Crippen LogP contribution is 2.22. The Bertz CT molecular complexity index is 485. The van der Waals surface area contributed by atoms with E-state index in [4.69, 9.17) is 10.5 Å². The number of benzene rings is 1. The topological polar surface area (TPSA) is 76.7 Å². The summed E-state index contributed by atoms with van der Waals surface area (Å²) in [5, 5.41) is 3.62. The standard InChI is InChI=1S/C13H17N3O2S/c1-8(2)18-13(17)15-10-5-3-9(4-6-10)12-16-11(14)7-19-12/h3-6,8,11H,7,14H2,1-2H3,(H,15,17). The molecule has 0 radical (unpaired) electrons. The molecule has 0 spiro atoms. The van der Waals surface area contributed by atoms with E-state index in [9.17, 15) is 4.79 Å². The van der Waals surface area contributed by atoms with Crippen molar-refractivity contribution in [2.45, 2.75) is 26.1 Å². The first-order valence-corrected chi connectivity index (χ1v) is 7.07. The van der Waals surface area contributed by atoms with Crippen LogP contribution in [-0.2, 0) is 4.74 Å². The Morgan fingerprint density at radius 2 is 2.16 bits per heavy atom. The van der Waals surface area contributed by atoms with Crippen LogP contribution < -0.4 is 11.1 Å². The number of anilines is 1. The summed E-state index contributed by atoms with van der Waals surface area (Å²) in [6, 6.07) is 7.47. The SMILES string of the molecule is CC(C)OC(=O)Nc1ccc(C2=NC(N)CS2)cc1. The summed E-state index contributed by atoms with van der Waals surface area (Å²) in [7, 11) is 0. The first-order chi connectivity index (χ1) is 9.04. The van der Waals surface area contributed by atoms with Gasteiger partial charge in [0.15, 0.2) is 0 Å². The van der Waals surface area contributed by atoms with Crippen LogP contribution in [0.5, 0.6) is 0 Å². The molecular weight excluding hydrogens is 262 g/mol. The Hall–Kier alpha value is -1.53. The van der Waals surface area contributed by atoms with E-state index in [-0.39, 0.29) is 12.3 Å². The molecule has 0 saturated carbocycles. The molecule has 1 aliphatic heterocycles. The maximum absolute atomic E-state index is 11.4. The second-order valence-electron chi connectivity index (χ2n) is 4.47. The van der Waals surface area contributed by atoms with Gasteiger partial charge in [-0.1, -0.05) is 12.1 Å². The van der Waals surface area contributed by atoms with Gasteiger partial charge in [-0.15, -0.1) is 11.8 Å². The lowest BCUT2D eigenvalue weighted by Gasteiger charge is -2.09. The largest absolute Gasteiger partial charge is 0.447 e. The fourth-order valence-corrected chi connectivity index (χ4v) is 2.52. The van der Waals surface area contributed by atoms with Crippen LogP contribution in [0, 0.1) is 0 Å². The molecule has 19 heavy (non-hydrogen) atoms. The third-order valence-corrected chi connectivity index (χ3v) is 3.52. The Kier molecular flexibility index (Phi) is 4.44. The summed E-state index contributed by atoms with van der Waals surface area (Å²) in [4.78, 5) is 15.8. The fraction of sp³-hybridized carbons (Fsp3) is 0.385. The number of nitrogens with two attached hydrogens (primary N) is 1. The number of rotatable bonds is 3. The molecule has 1 aromatic rings. The summed E-state index contributed by atoms with van der Waals surface area (Å²) >= 11 is 1.64. The van der Waals surface area contributed by atoms with Crippen molar-refractivity contribution in [3.8, 4) is 0 Å². The first-order valence-electron chi connectivity index (χ1n) is 6.09. The summed E-state index contributed by atoms with van der Waals surface area (Å²) < 4.78 is 5.00. The van der Waals surface area contributed by atoms with E-state index >= 15 is 0 Å². The Labute approximate surface area is 116 Å². The Morgan fingerprint density at radius 1 is 1.47 bits per heavy atom. The number of hydrogen-bond donors (Lipinski definition) is 2. The second-order valence-corrected chi connectivity index (χ2v) is 5.48. The highest BCUT2D eigenvalue weighted by Gasteiger charge is 2.15. The van der Waals surface area contributed by atoms with E-state index in [1.54, 1.807) is 25.6 Å². The average Bonchev–Trinajstić information content (AvgIpc) is 2.75. The van der Waals surface area contributed by atoms with Crippen LogP contribution in [-0.4, -0.2) is 29.2 Å². The van der Waals surface area contributed by atoms with E-state index in [0.717, 1.165) is 16.4 Å². The molecular formula is C13H17N3O2S. The Balaban J connectivity index is 1.99. The van der Waals surface area contributed by atoms with E-state index in [1.807, 2.05) is 24.3 Å². The molecule has 1 amide bonds. The highest BCUT2D eigenvalue weighted by molar-refractivity contribution is 8.14. The fourth-order valence-electron chi connectivity index (χ4n) is 1.60. The maximum Gasteiger partial charge on any atom is 0.411 e. The van der Waals surface area contributed by atoms with Crippen molar-refractivity contribution in [3.05, 3.63) is 29.8 Å². The number of ether oxygens (including phenoxy) is 1. The number of nitrogens with one attached hydrogen (secondary N) is 1. The minimum absolute atomic E-state index is 0.112. The van der Waals surface area contributed by atoms with Gasteiger partial charge in [-0.25, -0.2) is 4.79 Å². The van der Waals surface area contributed by atoms with Crippen molar-refractivity contribution in [1.82, 2.24) is 0 Å². The Morgan fingerprint density at radius 3 is 2.68 bits per heavy atom. The van der Waals surface area contributed by atoms with Crippen LogP contribution >= 0.6 is 11.8 Å². The second kappa shape index (κ2) is 6.08. The van der Waals surface area contributed by atoms with Gasteiger partial charge < -0.3 is 10.5 Å². The van der Waals surface area contributed by atoms with Gasteiger partial charge in [0.2, 0.25) is 0 Å². The lowest BCUT2D eigenvalue weighted by atomic mass is 10.2. The van der Waals surface area contributed by atoms with Crippen LogP contribution in [0.3, 0.4) is 0 Å². The molecule has 1 atom stereocenters. The van der Waals surface area contributed by atoms with Gasteiger partial charge in [0, 0.05) is 17.0 Å². The monoisotopic (exact) mass is 279 g/mol. The zero-order valence-electron chi connectivity index (χ0n) is 10.9. The number of hydrogen-bond acceptors (Lipinski definition) is 5. The molecule has 1 unspecified atom stereocenters.